The minimum atomic E-state index is -0.897. The number of rotatable bonds is 3. The van der Waals surface area contributed by atoms with Gasteiger partial charge in [0.1, 0.15) is 18.2 Å². The van der Waals surface area contributed by atoms with Gasteiger partial charge in [-0.2, -0.15) is 0 Å². The minimum Gasteiger partial charge on any atom is -0.497 e. The van der Waals surface area contributed by atoms with Gasteiger partial charge in [-0.05, 0) is 6.07 Å². The molecule has 0 radical (unpaired) electrons. The summed E-state index contributed by atoms with van der Waals surface area (Å²) >= 11 is 0. The maximum atomic E-state index is 13.1. The van der Waals surface area contributed by atoms with Crippen LogP contribution in [-0.2, 0) is 0 Å². The smallest absolute Gasteiger partial charge is 0.131 e. The Kier molecular flexibility index (Phi) is 3.19. The molecule has 1 atom stereocenters. The Balaban J connectivity index is 2.98. The standard InChI is InChI=1S/C9H11F2NO/c1-13-6-2-3-7(8(11)4-6)9(12)5-10/h2-4,9H,5,12H2,1H3. The average Bonchev–Trinajstić information content (AvgIpc) is 2.16. The van der Waals surface area contributed by atoms with Crippen LogP contribution < -0.4 is 10.5 Å². The molecule has 0 heterocycles. The monoisotopic (exact) mass is 187 g/mol. The van der Waals surface area contributed by atoms with E-state index in [2.05, 4.69) is 0 Å². The van der Waals surface area contributed by atoms with E-state index in [1.165, 1.54) is 19.2 Å². The van der Waals surface area contributed by atoms with Crippen LogP contribution in [0.15, 0.2) is 18.2 Å². The van der Waals surface area contributed by atoms with Gasteiger partial charge in [0, 0.05) is 11.6 Å². The fraction of sp³-hybridized carbons (Fsp3) is 0.333. The van der Waals surface area contributed by atoms with Gasteiger partial charge in [0.15, 0.2) is 0 Å². The van der Waals surface area contributed by atoms with Crippen LogP contribution in [-0.4, -0.2) is 13.8 Å². The van der Waals surface area contributed by atoms with Crippen LogP contribution in [0, 0.1) is 5.82 Å². The Bertz CT molecular complexity index is 291. The lowest BCUT2D eigenvalue weighted by Gasteiger charge is -2.09. The summed E-state index contributed by atoms with van der Waals surface area (Å²) in [5.41, 5.74) is 5.50. The molecule has 13 heavy (non-hydrogen) atoms. The summed E-state index contributed by atoms with van der Waals surface area (Å²) in [6, 6.07) is 3.27. The molecule has 0 bridgehead atoms. The second-order valence-electron chi connectivity index (χ2n) is 2.65. The summed E-state index contributed by atoms with van der Waals surface area (Å²) < 4.78 is 30.0. The Labute approximate surface area is 75.3 Å². The first-order chi connectivity index (χ1) is 6.19. The molecule has 0 saturated carbocycles. The highest BCUT2D eigenvalue weighted by molar-refractivity contribution is 5.30. The molecule has 72 valence electrons. The Morgan fingerprint density at radius 3 is 2.69 bits per heavy atom. The number of methoxy groups -OCH3 is 1. The normalized spacial score (nSPS) is 12.6. The quantitative estimate of drug-likeness (QED) is 0.783. The van der Waals surface area contributed by atoms with Crippen molar-refractivity contribution in [3.05, 3.63) is 29.6 Å². The van der Waals surface area contributed by atoms with Gasteiger partial charge in [0.2, 0.25) is 0 Å². The molecule has 0 amide bonds. The SMILES string of the molecule is COc1ccc(C(N)CF)c(F)c1. The van der Waals surface area contributed by atoms with Crippen molar-refractivity contribution in [1.82, 2.24) is 0 Å². The number of benzene rings is 1. The van der Waals surface area contributed by atoms with Gasteiger partial charge < -0.3 is 10.5 Å². The molecule has 0 saturated heterocycles. The zero-order valence-corrected chi connectivity index (χ0v) is 7.26. The van der Waals surface area contributed by atoms with Crippen molar-refractivity contribution in [2.75, 3.05) is 13.8 Å². The first-order valence-corrected chi connectivity index (χ1v) is 3.84. The second kappa shape index (κ2) is 4.18. The van der Waals surface area contributed by atoms with Crippen molar-refractivity contribution in [3.8, 4) is 5.75 Å². The number of hydrogen-bond donors (Lipinski definition) is 1. The molecule has 0 fully saturated rings. The van der Waals surface area contributed by atoms with Crippen molar-refractivity contribution in [3.63, 3.8) is 0 Å². The number of ether oxygens (including phenoxy) is 1. The number of alkyl halides is 1. The fourth-order valence-electron chi connectivity index (χ4n) is 1.02. The van der Waals surface area contributed by atoms with Crippen molar-refractivity contribution in [1.29, 1.82) is 0 Å². The zero-order chi connectivity index (χ0) is 9.84. The molecule has 1 aromatic rings. The van der Waals surface area contributed by atoms with Crippen LogP contribution in [0.3, 0.4) is 0 Å². The third-order valence-corrected chi connectivity index (χ3v) is 1.77. The van der Waals surface area contributed by atoms with E-state index in [4.69, 9.17) is 10.5 Å². The zero-order valence-electron chi connectivity index (χ0n) is 7.26. The Morgan fingerprint density at radius 2 is 2.23 bits per heavy atom. The topological polar surface area (TPSA) is 35.2 Å². The highest BCUT2D eigenvalue weighted by Gasteiger charge is 2.11. The summed E-state index contributed by atoms with van der Waals surface area (Å²) in [6.45, 7) is -0.775. The van der Waals surface area contributed by atoms with E-state index in [-0.39, 0.29) is 5.56 Å². The molecule has 1 unspecified atom stereocenters. The summed E-state index contributed by atoms with van der Waals surface area (Å²) in [6.07, 6.45) is 0. The van der Waals surface area contributed by atoms with Gasteiger partial charge in [0.05, 0.1) is 13.2 Å². The van der Waals surface area contributed by atoms with Gasteiger partial charge in [-0.15, -0.1) is 0 Å². The highest BCUT2D eigenvalue weighted by Crippen LogP contribution is 2.20. The predicted molar refractivity (Wildman–Crippen MR) is 45.9 cm³/mol. The minimum absolute atomic E-state index is 0.170. The van der Waals surface area contributed by atoms with E-state index in [9.17, 15) is 8.78 Å². The van der Waals surface area contributed by atoms with E-state index in [1.807, 2.05) is 0 Å². The van der Waals surface area contributed by atoms with Crippen molar-refractivity contribution < 1.29 is 13.5 Å². The summed E-state index contributed by atoms with van der Waals surface area (Å²) in [4.78, 5) is 0. The van der Waals surface area contributed by atoms with Crippen molar-refractivity contribution in [2.24, 2.45) is 5.73 Å². The van der Waals surface area contributed by atoms with Gasteiger partial charge >= 0.3 is 0 Å². The molecular weight excluding hydrogens is 176 g/mol. The molecule has 0 spiro atoms. The van der Waals surface area contributed by atoms with E-state index >= 15 is 0 Å². The van der Waals surface area contributed by atoms with Crippen LogP contribution in [0.4, 0.5) is 8.78 Å². The average molecular weight is 187 g/mol. The summed E-state index contributed by atoms with van der Waals surface area (Å²) in [5.74, 6) is -0.142. The van der Waals surface area contributed by atoms with E-state index < -0.39 is 18.5 Å². The Hall–Kier alpha value is -1.16. The van der Waals surface area contributed by atoms with Crippen molar-refractivity contribution in [2.45, 2.75) is 6.04 Å². The first kappa shape index (κ1) is 9.92. The lowest BCUT2D eigenvalue weighted by atomic mass is 10.1. The molecule has 2 nitrogen and oxygen atoms in total. The third-order valence-electron chi connectivity index (χ3n) is 1.77. The first-order valence-electron chi connectivity index (χ1n) is 3.84. The van der Waals surface area contributed by atoms with E-state index in [1.54, 1.807) is 6.07 Å². The molecule has 0 aliphatic carbocycles. The van der Waals surface area contributed by atoms with Crippen LogP contribution in [0.5, 0.6) is 5.75 Å². The van der Waals surface area contributed by atoms with Crippen LogP contribution in [0.1, 0.15) is 11.6 Å². The third kappa shape index (κ3) is 2.15. The molecule has 0 aromatic heterocycles. The van der Waals surface area contributed by atoms with Crippen LogP contribution in [0.2, 0.25) is 0 Å². The molecule has 1 rings (SSSR count). The number of hydrogen-bond acceptors (Lipinski definition) is 2. The van der Waals surface area contributed by atoms with Gasteiger partial charge in [-0.25, -0.2) is 8.78 Å². The molecule has 1 aromatic carbocycles. The summed E-state index contributed by atoms with van der Waals surface area (Å²) in [7, 11) is 1.43. The molecule has 4 heteroatoms. The van der Waals surface area contributed by atoms with Gasteiger partial charge in [-0.1, -0.05) is 6.07 Å². The lowest BCUT2D eigenvalue weighted by molar-refractivity contribution is 0.405. The number of halogens is 2. The van der Waals surface area contributed by atoms with Crippen LogP contribution in [0.25, 0.3) is 0 Å². The van der Waals surface area contributed by atoms with E-state index in [0.717, 1.165) is 0 Å². The fourth-order valence-corrected chi connectivity index (χ4v) is 1.02. The molecule has 0 aliphatic heterocycles. The largest absolute Gasteiger partial charge is 0.497 e. The lowest BCUT2D eigenvalue weighted by Crippen LogP contribution is -2.13. The molecule has 0 aliphatic rings. The van der Waals surface area contributed by atoms with Crippen LogP contribution >= 0.6 is 0 Å². The molecule has 2 N–H and O–H groups in total. The maximum absolute atomic E-state index is 13.1. The van der Waals surface area contributed by atoms with Gasteiger partial charge in [0.25, 0.3) is 0 Å². The van der Waals surface area contributed by atoms with Crippen molar-refractivity contribution >= 4 is 0 Å². The molecular formula is C9H11F2NO. The predicted octanol–water partition coefficient (Wildman–Crippen LogP) is 1.80. The maximum Gasteiger partial charge on any atom is 0.131 e. The Morgan fingerprint density at radius 1 is 1.54 bits per heavy atom. The second-order valence-corrected chi connectivity index (χ2v) is 2.65. The number of nitrogens with two attached hydrogens (primary N) is 1. The highest BCUT2D eigenvalue weighted by atomic mass is 19.1. The summed E-state index contributed by atoms with van der Waals surface area (Å²) in [5, 5.41) is 0. The van der Waals surface area contributed by atoms with Gasteiger partial charge in [-0.3, -0.25) is 0 Å². The van der Waals surface area contributed by atoms with E-state index in [0.29, 0.717) is 5.75 Å².